The highest BCUT2D eigenvalue weighted by Crippen LogP contribution is 2.42. The second-order valence-electron chi connectivity index (χ2n) is 3.08. The number of rotatable bonds is 5. The lowest BCUT2D eigenvalue weighted by Crippen LogP contribution is -2.02. The molecule has 0 aliphatic heterocycles. The number of benzene rings is 1. The number of hydrazone groups is 1. The number of hydrogen-bond donors (Lipinski definition) is 1. The minimum Gasteiger partial charge on any atom is -0.490 e. The van der Waals surface area contributed by atoms with Crippen molar-refractivity contribution < 1.29 is 9.47 Å². The van der Waals surface area contributed by atoms with Crippen LogP contribution in [0.25, 0.3) is 0 Å². The summed E-state index contributed by atoms with van der Waals surface area (Å²) in [6.07, 6.45) is 1.49. The van der Waals surface area contributed by atoms with Crippen molar-refractivity contribution in [2.75, 3.05) is 13.2 Å². The quantitative estimate of drug-likeness (QED) is 0.486. The fraction of sp³-hybridized carbons (Fsp3) is 0.273. The third kappa shape index (κ3) is 3.37. The third-order valence-corrected chi connectivity index (χ3v) is 4.09. The van der Waals surface area contributed by atoms with E-state index in [1.165, 1.54) is 6.21 Å². The van der Waals surface area contributed by atoms with E-state index in [2.05, 4.69) is 37.0 Å². The molecule has 0 radical (unpaired) electrons. The van der Waals surface area contributed by atoms with Crippen LogP contribution in [0, 0.1) is 11.3 Å². The predicted molar refractivity (Wildman–Crippen MR) is 75.9 cm³/mol. The van der Waals surface area contributed by atoms with Crippen LogP contribution in [0.2, 0.25) is 0 Å². The number of hydrogen-bond acceptors (Lipinski definition) is 5. The zero-order chi connectivity index (χ0) is 13.5. The molecule has 0 spiro atoms. The summed E-state index contributed by atoms with van der Waals surface area (Å²) in [6, 6.07) is 3.65. The van der Waals surface area contributed by atoms with Gasteiger partial charge in [0, 0.05) is 10.0 Å². The molecule has 18 heavy (non-hydrogen) atoms. The molecule has 7 heteroatoms. The minimum atomic E-state index is -0.0601. The molecule has 0 fully saturated rings. The van der Waals surface area contributed by atoms with E-state index < -0.39 is 0 Å². The number of nitrogens with two attached hydrogens (primary N) is 1. The summed E-state index contributed by atoms with van der Waals surface area (Å²) in [4.78, 5) is 0. The van der Waals surface area contributed by atoms with Gasteiger partial charge in [0.15, 0.2) is 18.1 Å². The molecule has 0 saturated heterocycles. The second kappa shape index (κ2) is 7.24. The molecule has 0 saturated carbocycles. The zero-order valence-electron chi connectivity index (χ0n) is 9.61. The molecule has 0 bridgehead atoms. The molecule has 0 aromatic heterocycles. The first-order valence-electron chi connectivity index (χ1n) is 5.03. The maximum atomic E-state index is 8.57. The van der Waals surface area contributed by atoms with Crippen LogP contribution in [0.5, 0.6) is 11.5 Å². The molecule has 0 unspecified atom stereocenters. The van der Waals surface area contributed by atoms with Crippen molar-refractivity contribution in [2.45, 2.75) is 6.92 Å². The fourth-order valence-corrected chi connectivity index (χ4v) is 2.22. The van der Waals surface area contributed by atoms with E-state index in [0.29, 0.717) is 22.6 Å². The molecule has 2 N–H and O–H groups in total. The van der Waals surface area contributed by atoms with Gasteiger partial charge in [-0.1, -0.05) is 0 Å². The van der Waals surface area contributed by atoms with Crippen LogP contribution in [0.15, 0.2) is 20.1 Å². The number of ether oxygens (including phenoxy) is 2. The van der Waals surface area contributed by atoms with Crippen molar-refractivity contribution >= 4 is 38.1 Å². The van der Waals surface area contributed by atoms with Gasteiger partial charge in [-0.25, -0.2) is 0 Å². The van der Waals surface area contributed by atoms with E-state index in [4.69, 9.17) is 20.6 Å². The molecule has 0 amide bonds. The Labute approximate surface area is 122 Å². The van der Waals surface area contributed by atoms with Crippen molar-refractivity contribution in [2.24, 2.45) is 10.9 Å². The van der Waals surface area contributed by atoms with Gasteiger partial charge in [-0.15, -0.1) is 0 Å². The normalized spacial score (nSPS) is 10.3. The maximum Gasteiger partial charge on any atom is 0.178 e. The lowest BCUT2D eigenvalue weighted by molar-refractivity contribution is 0.297. The Bertz CT molecular complexity index is 498. The van der Waals surface area contributed by atoms with Crippen LogP contribution in [-0.2, 0) is 0 Å². The summed E-state index contributed by atoms with van der Waals surface area (Å²) < 4.78 is 12.2. The van der Waals surface area contributed by atoms with Gasteiger partial charge in [0.05, 0.1) is 17.3 Å². The molecule has 1 aromatic carbocycles. The smallest absolute Gasteiger partial charge is 0.178 e. The maximum absolute atomic E-state index is 8.57. The van der Waals surface area contributed by atoms with Crippen LogP contribution < -0.4 is 15.3 Å². The number of nitrogens with zero attached hydrogens (tertiary/aromatic N) is 2. The van der Waals surface area contributed by atoms with E-state index in [0.717, 1.165) is 10.0 Å². The summed E-state index contributed by atoms with van der Waals surface area (Å²) in [5.74, 6) is 6.14. The Morgan fingerprint density at radius 1 is 1.44 bits per heavy atom. The summed E-state index contributed by atoms with van der Waals surface area (Å²) in [6.45, 7) is 2.28. The van der Waals surface area contributed by atoms with Gasteiger partial charge in [-0.3, -0.25) is 0 Å². The number of halogens is 2. The first-order valence-corrected chi connectivity index (χ1v) is 6.62. The minimum absolute atomic E-state index is 0.0601. The van der Waals surface area contributed by atoms with Crippen LogP contribution in [0.4, 0.5) is 0 Å². The monoisotopic (exact) mass is 375 g/mol. The summed E-state index contributed by atoms with van der Waals surface area (Å²) in [7, 11) is 0. The Hall–Kier alpha value is -1.26. The lowest BCUT2D eigenvalue weighted by atomic mass is 10.2. The first kappa shape index (κ1) is 14.8. The molecule has 96 valence electrons. The SMILES string of the molecule is CCOc1cc(C=NN)c(Br)c(Br)c1OCC#N. The molecule has 1 rings (SSSR count). The van der Waals surface area contributed by atoms with Crippen molar-refractivity contribution in [3.63, 3.8) is 0 Å². The Balaban J connectivity index is 3.30. The van der Waals surface area contributed by atoms with Crippen molar-refractivity contribution in [3.8, 4) is 17.6 Å². The molecule has 0 heterocycles. The molecular formula is C11H11Br2N3O2. The van der Waals surface area contributed by atoms with Crippen LogP contribution in [0.3, 0.4) is 0 Å². The summed E-state index contributed by atoms with van der Waals surface area (Å²) in [5, 5.41) is 12.0. The van der Waals surface area contributed by atoms with Gasteiger partial charge in [0.25, 0.3) is 0 Å². The summed E-state index contributed by atoms with van der Waals surface area (Å²) in [5.41, 5.74) is 0.747. The Morgan fingerprint density at radius 3 is 2.72 bits per heavy atom. The van der Waals surface area contributed by atoms with E-state index in [9.17, 15) is 0 Å². The van der Waals surface area contributed by atoms with E-state index in [1.807, 2.05) is 13.0 Å². The third-order valence-electron chi connectivity index (χ3n) is 1.95. The molecule has 1 aromatic rings. The van der Waals surface area contributed by atoms with E-state index in [1.54, 1.807) is 6.07 Å². The average molecular weight is 377 g/mol. The standard InChI is InChI=1S/C11H11Br2N3O2/c1-2-17-8-5-7(6-16-15)9(12)10(13)11(8)18-4-3-14/h5-6H,2,4,15H2,1H3. The molecular weight excluding hydrogens is 366 g/mol. The van der Waals surface area contributed by atoms with Gasteiger partial charge in [0.1, 0.15) is 6.07 Å². The Morgan fingerprint density at radius 2 is 2.17 bits per heavy atom. The molecule has 0 atom stereocenters. The van der Waals surface area contributed by atoms with Crippen LogP contribution in [0.1, 0.15) is 12.5 Å². The largest absolute Gasteiger partial charge is 0.490 e. The van der Waals surface area contributed by atoms with Crippen molar-refractivity contribution in [1.82, 2.24) is 0 Å². The van der Waals surface area contributed by atoms with Crippen LogP contribution in [-0.4, -0.2) is 19.4 Å². The topological polar surface area (TPSA) is 80.6 Å². The van der Waals surface area contributed by atoms with Crippen molar-refractivity contribution in [3.05, 3.63) is 20.6 Å². The molecule has 0 aliphatic rings. The second-order valence-corrected chi connectivity index (χ2v) is 4.66. The highest BCUT2D eigenvalue weighted by Gasteiger charge is 2.16. The summed E-state index contributed by atoms with van der Waals surface area (Å²) >= 11 is 6.79. The highest BCUT2D eigenvalue weighted by atomic mass is 79.9. The lowest BCUT2D eigenvalue weighted by Gasteiger charge is -2.14. The van der Waals surface area contributed by atoms with Crippen LogP contribution >= 0.6 is 31.9 Å². The fourth-order valence-electron chi connectivity index (χ4n) is 1.28. The zero-order valence-corrected chi connectivity index (χ0v) is 12.8. The first-order chi connectivity index (χ1) is 8.65. The van der Waals surface area contributed by atoms with Gasteiger partial charge in [-0.05, 0) is 44.8 Å². The Kier molecular flexibility index (Phi) is 5.95. The molecule has 0 aliphatic carbocycles. The van der Waals surface area contributed by atoms with E-state index >= 15 is 0 Å². The number of nitriles is 1. The highest BCUT2D eigenvalue weighted by molar-refractivity contribution is 9.13. The van der Waals surface area contributed by atoms with Gasteiger partial charge in [-0.2, -0.15) is 10.4 Å². The van der Waals surface area contributed by atoms with E-state index in [-0.39, 0.29) is 6.61 Å². The van der Waals surface area contributed by atoms with Gasteiger partial charge >= 0.3 is 0 Å². The molecule has 5 nitrogen and oxygen atoms in total. The van der Waals surface area contributed by atoms with Crippen molar-refractivity contribution in [1.29, 1.82) is 5.26 Å². The van der Waals surface area contributed by atoms with Gasteiger partial charge in [0.2, 0.25) is 0 Å². The predicted octanol–water partition coefficient (Wildman–Crippen LogP) is 2.81. The average Bonchev–Trinajstić information content (AvgIpc) is 2.36. The van der Waals surface area contributed by atoms with Gasteiger partial charge < -0.3 is 15.3 Å².